The molecule has 2 atom stereocenters. The first-order chi connectivity index (χ1) is 11.7. The molecule has 1 aromatic rings. The zero-order valence-corrected chi connectivity index (χ0v) is 17.5. The quantitative estimate of drug-likeness (QED) is 0.310. The SMILES string of the molecule is CN=C(NCCCC(=O)N1CCc2ccccc2C1)NC1CC1C.I. The molecule has 1 amide bonds. The van der Waals surface area contributed by atoms with Gasteiger partial charge in [-0.05, 0) is 36.3 Å². The summed E-state index contributed by atoms with van der Waals surface area (Å²) in [4.78, 5) is 18.6. The van der Waals surface area contributed by atoms with Crippen molar-refractivity contribution in [2.75, 3.05) is 20.1 Å². The number of aliphatic imine (C=N–C) groups is 1. The van der Waals surface area contributed by atoms with Gasteiger partial charge < -0.3 is 15.5 Å². The molecule has 0 spiro atoms. The van der Waals surface area contributed by atoms with E-state index in [1.165, 1.54) is 17.5 Å². The van der Waals surface area contributed by atoms with Crippen LogP contribution in [0.25, 0.3) is 0 Å². The average Bonchev–Trinajstić information content (AvgIpc) is 3.31. The van der Waals surface area contributed by atoms with Crippen LogP contribution in [0.2, 0.25) is 0 Å². The zero-order valence-electron chi connectivity index (χ0n) is 15.1. The van der Waals surface area contributed by atoms with Crippen LogP contribution in [-0.2, 0) is 17.8 Å². The topological polar surface area (TPSA) is 56.7 Å². The van der Waals surface area contributed by atoms with Crippen molar-refractivity contribution in [3.63, 3.8) is 0 Å². The second kappa shape index (κ2) is 9.40. The van der Waals surface area contributed by atoms with Crippen molar-refractivity contribution in [1.82, 2.24) is 15.5 Å². The first-order valence-electron chi connectivity index (χ1n) is 8.99. The molecule has 0 radical (unpaired) electrons. The molecule has 1 aliphatic heterocycles. The highest BCUT2D eigenvalue weighted by molar-refractivity contribution is 14.0. The second-order valence-electron chi connectivity index (χ2n) is 6.90. The lowest BCUT2D eigenvalue weighted by Crippen LogP contribution is -2.40. The van der Waals surface area contributed by atoms with Crippen molar-refractivity contribution in [3.8, 4) is 0 Å². The van der Waals surface area contributed by atoms with Gasteiger partial charge in [-0.2, -0.15) is 0 Å². The number of hydrogen-bond donors (Lipinski definition) is 2. The summed E-state index contributed by atoms with van der Waals surface area (Å²) >= 11 is 0. The van der Waals surface area contributed by atoms with Gasteiger partial charge in [-0.1, -0.05) is 31.2 Å². The van der Waals surface area contributed by atoms with Crippen molar-refractivity contribution >= 4 is 35.8 Å². The molecule has 5 nitrogen and oxygen atoms in total. The maximum Gasteiger partial charge on any atom is 0.222 e. The molecule has 138 valence electrons. The predicted molar refractivity (Wildman–Crippen MR) is 112 cm³/mol. The van der Waals surface area contributed by atoms with Gasteiger partial charge in [-0.15, -0.1) is 24.0 Å². The normalized spacial score (nSPS) is 21.8. The van der Waals surface area contributed by atoms with Crippen molar-refractivity contribution in [1.29, 1.82) is 0 Å². The summed E-state index contributed by atoms with van der Waals surface area (Å²) in [5, 5.41) is 6.70. The van der Waals surface area contributed by atoms with Gasteiger partial charge >= 0.3 is 0 Å². The minimum Gasteiger partial charge on any atom is -0.356 e. The maximum absolute atomic E-state index is 12.4. The fraction of sp³-hybridized carbons (Fsp3) is 0.579. The van der Waals surface area contributed by atoms with Crippen LogP contribution in [0.4, 0.5) is 0 Å². The van der Waals surface area contributed by atoms with Crippen molar-refractivity contribution in [2.45, 2.75) is 45.2 Å². The molecule has 2 unspecified atom stereocenters. The lowest BCUT2D eigenvalue weighted by atomic mass is 9.99. The standard InChI is InChI=1S/C19H28N4O.HI/c1-14-12-17(14)22-19(20-2)21-10-5-8-18(24)23-11-9-15-6-3-4-7-16(15)13-23;/h3-4,6-7,14,17H,5,8-13H2,1-2H3,(H2,20,21,22);1H. The Balaban J connectivity index is 0.00000225. The summed E-state index contributed by atoms with van der Waals surface area (Å²) in [7, 11) is 1.79. The van der Waals surface area contributed by atoms with Crippen LogP contribution in [0.15, 0.2) is 29.3 Å². The number of nitrogens with zero attached hydrogens (tertiary/aromatic N) is 2. The van der Waals surface area contributed by atoms with Crippen LogP contribution < -0.4 is 10.6 Å². The van der Waals surface area contributed by atoms with Crippen molar-refractivity contribution < 1.29 is 4.79 Å². The number of benzene rings is 1. The molecule has 2 aliphatic rings. The number of carbonyl (C=O) groups is 1. The fourth-order valence-electron chi connectivity index (χ4n) is 3.21. The third-order valence-corrected chi connectivity index (χ3v) is 5.00. The summed E-state index contributed by atoms with van der Waals surface area (Å²) in [6, 6.07) is 8.98. The van der Waals surface area contributed by atoms with Gasteiger partial charge in [0.1, 0.15) is 0 Å². The van der Waals surface area contributed by atoms with Gasteiger partial charge in [-0.3, -0.25) is 9.79 Å². The van der Waals surface area contributed by atoms with Gasteiger partial charge in [0.05, 0.1) is 0 Å². The minimum absolute atomic E-state index is 0. The molecule has 0 bridgehead atoms. The van der Waals surface area contributed by atoms with Crippen LogP contribution in [0, 0.1) is 5.92 Å². The highest BCUT2D eigenvalue weighted by atomic mass is 127. The Morgan fingerprint density at radius 1 is 1.32 bits per heavy atom. The van der Waals surface area contributed by atoms with E-state index in [1.807, 2.05) is 4.90 Å². The number of carbonyl (C=O) groups excluding carboxylic acids is 1. The van der Waals surface area contributed by atoms with Crippen LogP contribution in [0.5, 0.6) is 0 Å². The first-order valence-corrected chi connectivity index (χ1v) is 8.99. The van der Waals surface area contributed by atoms with Crippen LogP contribution >= 0.6 is 24.0 Å². The number of rotatable bonds is 5. The number of guanidine groups is 1. The first kappa shape index (κ1) is 20.0. The Morgan fingerprint density at radius 2 is 2.04 bits per heavy atom. The predicted octanol–water partition coefficient (Wildman–Crippen LogP) is 2.54. The number of hydrogen-bond acceptors (Lipinski definition) is 2. The highest BCUT2D eigenvalue weighted by Crippen LogP contribution is 2.28. The van der Waals surface area contributed by atoms with E-state index in [0.717, 1.165) is 44.4 Å². The smallest absolute Gasteiger partial charge is 0.222 e. The number of nitrogens with one attached hydrogen (secondary N) is 2. The van der Waals surface area contributed by atoms with E-state index >= 15 is 0 Å². The third kappa shape index (κ3) is 5.59. The molecule has 6 heteroatoms. The Labute approximate surface area is 167 Å². The summed E-state index contributed by atoms with van der Waals surface area (Å²) in [6.07, 6.45) is 3.61. The van der Waals surface area contributed by atoms with Crippen LogP contribution in [0.1, 0.15) is 37.3 Å². The molecule has 0 saturated heterocycles. The van der Waals surface area contributed by atoms with E-state index in [1.54, 1.807) is 7.05 Å². The molecular weight excluding hydrogens is 427 g/mol. The highest BCUT2D eigenvalue weighted by Gasteiger charge is 2.33. The molecular formula is C19H29IN4O. The summed E-state index contributed by atoms with van der Waals surface area (Å²) in [5.74, 6) is 1.85. The van der Waals surface area contributed by atoms with E-state index in [4.69, 9.17) is 0 Å². The fourth-order valence-corrected chi connectivity index (χ4v) is 3.21. The van der Waals surface area contributed by atoms with Crippen LogP contribution in [-0.4, -0.2) is 42.9 Å². The lowest BCUT2D eigenvalue weighted by Gasteiger charge is -2.29. The Morgan fingerprint density at radius 3 is 2.72 bits per heavy atom. The molecule has 3 rings (SSSR count). The van der Waals surface area contributed by atoms with Gasteiger partial charge in [0.2, 0.25) is 5.91 Å². The zero-order chi connectivity index (χ0) is 16.9. The number of fused-ring (bicyclic) bond motifs is 1. The Kier molecular flexibility index (Phi) is 7.53. The van der Waals surface area contributed by atoms with E-state index in [2.05, 4.69) is 46.8 Å². The molecule has 25 heavy (non-hydrogen) atoms. The second-order valence-corrected chi connectivity index (χ2v) is 6.90. The van der Waals surface area contributed by atoms with Crippen molar-refractivity contribution in [3.05, 3.63) is 35.4 Å². The molecule has 1 aliphatic carbocycles. The van der Waals surface area contributed by atoms with Crippen LogP contribution in [0.3, 0.4) is 0 Å². The van der Waals surface area contributed by atoms with Gasteiger partial charge in [0, 0.05) is 39.1 Å². The average molecular weight is 456 g/mol. The Bertz CT molecular complexity index is 619. The Hall–Kier alpha value is -1.31. The van der Waals surface area contributed by atoms with E-state index in [9.17, 15) is 4.79 Å². The maximum atomic E-state index is 12.4. The summed E-state index contributed by atoms with van der Waals surface area (Å²) < 4.78 is 0. The number of halogens is 1. The van der Waals surface area contributed by atoms with E-state index in [-0.39, 0.29) is 29.9 Å². The molecule has 1 fully saturated rings. The number of amides is 1. The molecule has 1 aromatic carbocycles. The molecule has 0 aromatic heterocycles. The van der Waals surface area contributed by atoms with Gasteiger partial charge in [0.15, 0.2) is 5.96 Å². The van der Waals surface area contributed by atoms with Gasteiger partial charge in [0.25, 0.3) is 0 Å². The minimum atomic E-state index is 0. The monoisotopic (exact) mass is 456 g/mol. The lowest BCUT2D eigenvalue weighted by molar-refractivity contribution is -0.132. The van der Waals surface area contributed by atoms with Gasteiger partial charge in [-0.25, -0.2) is 0 Å². The summed E-state index contributed by atoms with van der Waals surface area (Å²) in [6.45, 7) is 4.61. The molecule has 1 heterocycles. The summed E-state index contributed by atoms with van der Waals surface area (Å²) in [5.41, 5.74) is 2.67. The third-order valence-electron chi connectivity index (χ3n) is 5.00. The van der Waals surface area contributed by atoms with Crippen molar-refractivity contribution in [2.24, 2.45) is 10.9 Å². The van der Waals surface area contributed by atoms with E-state index in [0.29, 0.717) is 12.5 Å². The van der Waals surface area contributed by atoms with E-state index < -0.39 is 0 Å². The molecule has 2 N–H and O–H groups in total. The largest absolute Gasteiger partial charge is 0.356 e. The molecule has 1 saturated carbocycles.